The van der Waals surface area contributed by atoms with Crippen LogP contribution in [0.2, 0.25) is 0 Å². The van der Waals surface area contributed by atoms with Gasteiger partial charge in [-0.25, -0.2) is 0 Å². The van der Waals surface area contributed by atoms with E-state index in [0.29, 0.717) is 6.04 Å². The molecule has 16 heavy (non-hydrogen) atoms. The number of hydrogen-bond donors (Lipinski definition) is 1. The number of unbranched alkanes of at least 4 members (excludes halogenated alkanes) is 3. The van der Waals surface area contributed by atoms with E-state index < -0.39 is 0 Å². The highest BCUT2D eigenvalue weighted by Crippen LogP contribution is 2.42. The highest BCUT2D eigenvalue weighted by molar-refractivity contribution is 7.10. The Bertz CT molecular complexity index is 277. The molecule has 90 valence electrons. The van der Waals surface area contributed by atoms with E-state index in [4.69, 9.17) is 0 Å². The molecule has 1 fully saturated rings. The van der Waals surface area contributed by atoms with Crippen molar-refractivity contribution in [3.05, 3.63) is 22.4 Å². The summed E-state index contributed by atoms with van der Waals surface area (Å²) in [7, 11) is 0. The molecule has 2 rings (SSSR count). The van der Waals surface area contributed by atoms with Gasteiger partial charge in [-0.1, -0.05) is 32.3 Å². The molecule has 0 amide bonds. The molecular formula is C14H23NS. The molecular weight excluding hydrogens is 214 g/mol. The van der Waals surface area contributed by atoms with Gasteiger partial charge in [-0.3, -0.25) is 0 Å². The third-order valence-electron chi connectivity index (χ3n) is 3.34. The maximum Gasteiger partial charge on any atom is 0.0443 e. The third kappa shape index (κ3) is 3.60. The minimum Gasteiger partial charge on any atom is -0.309 e. The van der Waals surface area contributed by atoms with Crippen molar-refractivity contribution < 1.29 is 0 Å². The molecule has 1 atom stereocenters. The number of hydrogen-bond acceptors (Lipinski definition) is 2. The average Bonchev–Trinajstić information content (AvgIpc) is 2.98. The number of rotatable bonds is 8. The first-order valence-corrected chi connectivity index (χ1v) is 7.56. The fourth-order valence-corrected chi connectivity index (χ4v) is 3.10. The quantitative estimate of drug-likeness (QED) is 0.662. The van der Waals surface area contributed by atoms with Crippen LogP contribution in [0.1, 0.15) is 56.4 Å². The van der Waals surface area contributed by atoms with Gasteiger partial charge in [0.2, 0.25) is 0 Å². The van der Waals surface area contributed by atoms with Gasteiger partial charge in [0.05, 0.1) is 0 Å². The van der Waals surface area contributed by atoms with E-state index in [-0.39, 0.29) is 0 Å². The minimum atomic E-state index is 0.654. The predicted octanol–water partition coefficient (Wildman–Crippen LogP) is 4.37. The second-order valence-electron chi connectivity index (χ2n) is 4.85. The van der Waals surface area contributed by atoms with E-state index in [2.05, 4.69) is 29.8 Å². The number of thiophene rings is 1. The summed E-state index contributed by atoms with van der Waals surface area (Å²) in [5, 5.41) is 5.95. The van der Waals surface area contributed by atoms with E-state index in [1.165, 1.54) is 49.9 Å². The van der Waals surface area contributed by atoms with E-state index in [1.807, 2.05) is 11.3 Å². The Balaban J connectivity index is 1.72. The Morgan fingerprint density at radius 1 is 1.38 bits per heavy atom. The van der Waals surface area contributed by atoms with Crippen LogP contribution >= 0.6 is 11.3 Å². The summed E-state index contributed by atoms with van der Waals surface area (Å²) in [4.78, 5) is 1.54. The predicted molar refractivity (Wildman–Crippen MR) is 71.9 cm³/mol. The van der Waals surface area contributed by atoms with Crippen molar-refractivity contribution in [1.82, 2.24) is 5.32 Å². The molecule has 1 aliphatic rings. The molecule has 1 N–H and O–H groups in total. The zero-order valence-electron chi connectivity index (χ0n) is 10.2. The van der Waals surface area contributed by atoms with Crippen molar-refractivity contribution in [3.8, 4) is 0 Å². The third-order valence-corrected chi connectivity index (χ3v) is 4.29. The molecule has 1 aromatic rings. The molecule has 0 spiro atoms. The van der Waals surface area contributed by atoms with Crippen molar-refractivity contribution >= 4 is 11.3 Å². The first-order chi connectivity index (χ1) is 7.92. The summed E-state index contributed by atoms with van der Waals surface area (Å²) in [5.41, 5.74) is 0. The zero-order chi connectivity index (χ0) is 11.2. The Morgan fingerprint density at radius 3 is 2.88 bits per heavy atom. The second-order valence-corrected chi connectivity index (χ2v) is 5.82. The van der Waals surface area contributed by atoms with Crippen molar-refractivity contribution in [3.63, 3.8) is 0 Å². The normalized spacial score (nSPS) is 17.6. The summed E-state index contributed by atoms with van der Waals surface area (Å²) in [5.74, 6) is 0.921. The van der Waals surface area contributed by atoms with E-state index in [9.17, 15) is 0 Å². The van der Waals surface area contributed by atoms with E-state index in [0.717, 1.165) is 5.92 Å². The van der Waals surface area contributed by atoms with Crippen molar-refractivity contribution in [2.45, 2.75) is 51.5 Å². The highest BCUT2D eigenvalue weighted by atomic mass is 32.1. The smallest absolute Gasteiger partial charge is 0.0443 e. The van der Waals surface area contributed by atoms with Crippen molar-refractivity contribution in [2.24, 2.45) is 5.92 Å². The van der Waals surface area contributed by atoms with Gasteiger partial charge < -0.3 is 5.32 Å². The summed E-state index contributed by atoms with van der Waals surface area (Å²) in [6.07, 6.45) is 8.27. The Kier molecular flexibility index (Phi) is 4.86. The standard InChI is InChI=1S/C14H23NS/c1-2-3-4-5-10-15-14(12-8-9-12)13-7-6-11-16-13/h6-7,11-12,14-15H,2-5,8-10H2,1H3. The minimum absolute atomic E-state index is 0.654. The van der Waals surface area contributed by atoms with E-state index >= 15 is 0 Å². The molecule has 1 nitrogen and oxygen atoms in total. The van der Waals surface area contributed by atoms with Crippen LogP contribution in [-0.4, -0.2) is 6.54 Å². The molecule has 2 heteroatoms. The lowest BCUT2D eigenvalue weighted by Gasteiger charge is -2.16. The maximum atomic E-state index is 3.75. The maximum absolute atomic E-state index is 3.75. The van der Waals surface area contributed by atoms with Crippen molar-refractivity contribution in [1.29, 1.82) is 0 Å². The molecule has 0 bridgehead atoms. The van der Waals surface area contributed by atoms with Crippen LogP contribution in [0.4, 0.5) is 0 Å². The molecule has 0 aliphatic heterocycles. The first kappa shape index (κ1) is 12.1. The molecule has 0 aromatic carbocycles. The van der Waals surface area contributed by atoms with Gasteiger partial charge in [0.15, 0.2) is 0 Å². The summed E-state index contributed by atoms with van der Waals surface area (Å²) >= 11 is 1.91. The summed E-state index contributed by atoms with van der Waals surface area (Å²) in [6.45, 7) is 3.46. The van der Waals surface area contributed by atoms with Crippen molar-refractivity contribution in [2.75, 3.05) is 6.54 Å². The molecule has 1 aliphatic carbocycles. The number of nitrogens with one attached hydrogen (secondary N) is 1. The lowest BCUT2D eigenvalue weighted by atomic mass is 10.1. The summed E-state index contributed by atoms with van der Waals surface area (Å²) < 4.78 is 0. The summed E-state index contributed by atoms with van der Waals surface area (Å²) in [6, 6.07) is 5.11. The molecule has 1 heterocycles. The van der Waals surface area contributed by atoms with Gasteiger partial charge in [-0.2, -0.15) is 0 Å². The van der Waals surface area contributed by atoms with Crippen LogP contribution in [0, 0.1) is 5.92 Å². The average molecular weight is 237 g/mol. The molecule has 1 aromatic heterocycles. The van der Waals surface area contributed by atoms with Crippen LogP contribution < -0.4 is 5.32 Å². The van der Waals surface area contributed by atoms with Crippen LogP contribution in [0.3, 0.4) is 0 Å². The topological polar surface area (TPSA) is 12.0 Å². The molecule has 1 unspecified atom stereocenters. The van der Waals surface area contributed by atoms with Gasteiger partial charge in [0, 0.05) is 10.9 Å². The van der Waals surface area contributed by atoms with Crippen LogP contribution in [-0.2, 0) is 0 Å². The molecule has 0 saturated heterocycles. The van der Waals surface area contributed by atoms with Crippen LogP contribution in [0.5, 0.6) is 0 Å². The Hall–Kier alpha value is -0.340. The van der Waals surface area contributed by atoms with Gasteiger partial charge in [-0.15, -0.1) is 11.3 Å². The van der Waals surface area contributed by atoms with E-state index in [1.54, 1.807) is 0 Å². The Labute approximate surface area is 103 Å². The fourth-order valence-electron chi connectivity index (χ4n) is 2.21. The highest BCUT2D eigenvalue weighted by Gasteiger charge is 2.32. The monoisotopic (exact) mass is 237 g/mol. The van der Waals surface area contributed by atoms with Gasteiger partial charge in [-0.05, 0) is 43.2 Å². The Morgan fingerprint density at radius 2 is 2.25 bits per heavy atom. The van der Waals surface area contributed by atoms with Crippen LogP contribution in [0.15, 0.2) is 17.5 Å². The molecule has 0 radical (unpaired) electrons. The SMILES string of the molecule is CCCCCCNC(c1cccs1)C1CC1. The van der Waals surface area contributed by atoms with Gasteiger partial charge in [0.25, 0.3) is 0 Å². The van der Waals surface area contributed by atoms with Gasteiger partial charge >= 0.3 is 0 Å². The largest absolute Gasteiger partial charge is 0.309 e. The second kappa shape index (κ2) is 6.41. The lowest BCUT2D eigenvalue weighted by Crippen LogP contribution is -2.23. The fraction of sp³-hybridized carbons (Fsp3) is 0.714. The first-order valence-electron chi connectivity index (χ1n) is 6.68. The van der Waals surface area contributed by atoms with Crippen LogP contribution in [0.25, 0.3) is 0 Å². The molecule has 1 saturated carbocycles. The van der Waals surface area contributed by atoms with Gasteiger partial charge in [0.1, 0.15) is 0 Å². The zero-order valence-corrected chi connectivity index (χ0v) is 11.1. The lowest BCUT2D eigenvalue weighted by molar-refractivity contribution is 0.472.